The van der Waals surface area contributed by atoms with Crippen LogP contribution >= 0.6 is 0 Å². The zero-order valence-corrected chi connectivity index (χ0v) is 13.5. The molecule has 3 rings (SSSR count). The number of hydrogen-bond donors (Lipinski definition) is 1. The van der Waals surface area contributed by atoms with Gasteiger partial charge in [0.15, 0.2) is 0 Å². The molecule has 0 atom stereocenters. The first-order valence-electron chi connectivity index (χ1n) is 7.93. The van der Waals surface area contributed by atoms with Gasteiger partial charge in [0, 0.05) is 31.3 Å². The lowest BCUT2D eigenvalue weighted by Crippen LogP contribution is -2.31. The standard InChI is InChI=1S/C19H19FN2O2/c1-22-17-8-6-13(10-14(17)7-9-19(22)24)11-18(23)21-12-15-4-2-3-5-16(15)20/h2-6,8,10H,7,9,11-12H2,1H3,(H,21,23). The zero-order valence-electron chi connectivity index (χ0n) is 13.5. The van der Waals surface area contributed by atoms with Gasteiger partial charge < -0.3 is 10.2 Å². The molecule has 1 N–H and O–H groups in total. The number of aryl methyl sites for hydroxylation is 1. The van der Waals surface area contributed by atoms with Gasteiger partial charge in [-0.2, -0.15) is 0 Å². The van der Waals surface area contributed by atoms with E-state index < -0.39 is 0 Å². The van der Waals surface area contributed by atoms with E-state index in [2.05, 4.69) is 5.32 Å². The number of nitrogens with one attached hydrogen (secondary N) is 1. The van der Waals surface area contributed by atoms with Gasteiger partial charge >= 0.3 is 0 Å². The van der Waals surface area contributed by atoms with E-state index in [1.165, 1.54) is 6.07 Å². The minimum absolute atomic E-state index is 0.109. The summed E-state index contributed by atoms with van der Waals surface area (Å²) in [5.41, 5.74) is 3.34. The summed E-state index contributed by atoms with van der Waals surface area (Å²) in [7, 11) is 1.76. The molecule has 0 saturated heterocycles. The van der Waals surface area contributed by atoms with E-state index in [0.29, 0.717) is 18.4 Å². The van der Waals surface area contributed by atoms with Crippen LogP contribution in [-0.4, -0.2) is 18.9 Å². The Labute approximate surface area is 140 Å². The van der Waals surface area contributed by atoms with Crippen LogP contribution in [0.3, 0.4) is 0 Å². The highest BCUT2D eigenvalue weighted by Crippen LogP contribution is 2.27. The molecule has 0 radical (unpaired) electrons. The van der Waals surface area contributed by atoms with Crippen molar-refractivity contribution in [3.8, 4) is 0 Å². The van der Waals surface area contributed by atoms with Crippen molar-refractivity contribution in [2.75, 3.05) is 11.9 Å². The Morgan fingerprint density at radius 1 is 1.21 bits per heavy atom. The van der Waals surface area contributed by atoms with Gasteiger partial charge in [-0.15, -0.1) is 0 Å². The topological polar surface area (TPSA) is 49.4 Å². The number of rotatable bonds is 4. The van der Waals surface area contributed by atoms with Crippen LogP contribution in [0, 0.1) is 5.82 Å². The third kappa shape index (κ3) is 3.45. The van der Waals surface area contributed by atoms with Crippen LogP contribution in [0.25, 0.3) is 0 Å². The average Bonchev–Trinajstić information content (AvgIpc) is 2.57. The SMILES string of the molecule is CN1C(=O)CCc2cc(CC(=O)NCc3ccccc3F)ccc21. The molecule has 0 unspecified atom stereocenters. The maximum atomic E-state index is 13.5. The molecule has 2 amide bonds. The Balaban J connectivity index is 1.63. The number of hydrogen-bond acceptors (Lipinski definition) is 2. The average molecular weight is 326 g/mol. The number of benzene rings is 2. The molecule has 24 heavy (non-hydrogen) atoms. The lowest BCUT2D eigenvalue weighted by molar-refractivity contribution is -0.120. The zero-order chi connectivity index (χ0) is 17.1. The van der Waals surface area contributed by atoms with E-state index >= 15 is 0 Å². The number of fused-ring (bicyclic) bond motifs is 1. The fourth-order valence-electron chi connectivity index (χ4n) is 2.90. The maximum absolute atomic E-state index is 13.5. The second-order valence-corrected chi connectivity index (χ2v) is 5.96. The Hall–Kier alpha value is -2.69. The summed E-state index contributed by atoms with van der Waals surface area (Å²) < 4.78 is 13.5. The van der Waals surface area contributed by atoms with E-state index in [0.717, 1.165) is 16.8 Å². The molecule has 0 fully saturated rings. The van der Waals surface area contributed by atoms with Crippen LogP contribution in [0.15, 0.2) is 42.5 Å². The highest BCUT2D eigenvalue weighted by Gasteiger charge is 2.21. The normalized spacial score (nSPS) is 13.6. The third-order valence-corrected chi connectivity index (χ3v) is 4.29. The predicted octanol–water partition coefficient (Wildman–Crippen LogP) is 2.59. The minimum atomic E-state index is -0.320. The van der Waals surface area contributed by atoms with E-state index in [1.807, 2.05) is 18.2 Å². The molecule has 0 bridgehead atoms. The second-order valence-electron chi connectivity index (χ2n) is 5.96. The summed E-state index contributed by atoms with van der Waals surface area (Å²) in [6.45, 7) is 0.174. The van der Waals surface area contributed by atoms with Crippen LogP contribution in [0.2, 0.25) is 0 Å². The molecule has 124 valence electrons. The molecule has 4 nitrogen and oxygen atoms in total. The van der Waals surface area contributed by atoms with Gasteiger partial charge in [-0.05, 0) is 29.7 Å². The van der Waals surface area contributed by atoms with Crippen LogP contribution in [-0.2, 0) is 29.0 Å². The number of carbonyl (C=O) groups is 2. The molecule has 5 heteroatoms. The Kier molecular flexibility index (Phi) is 4.60. The van der Waals surface area contributed by atoms with Gasteiger partial charge in [0.1, 0.15) is 5.82 Å². The van der Waals surface area contributed by atoms with E-state index in [-0.39, 0.29) is 30.6 Å². The number of anilines is 1. The first-order chi connectivity index (χ1) is 11.5. The number of carbonyl (C=O) groups excluding carboxylic acids is 2. The molecule has 0 aromatic heterocycles. The molecule has 1 heterocycles. The molecule has 2 aromatic carbocycles. The Morgan fingerprint density at radius 3 is 2.79 bits per heavy atom. The fraction of sp³-hybridized carbons (Fsp3) is 0.263. The van der Waals surface area contributed by atoms with Crippen molar-refractivity contribution in [1.82, 2.24) is 5.32 Å². The first-order valence-corrected chi connectivity index (χ1v) is 7.93. The smallest absolute Gasteiger partial charge is 0.227 e. The lowest BCUT2D eigenvalue weighted by Gasteiger charge is -2.26. The highest BCUT2D eigenvalue weighted by molar-refractivity contribution is 5.96. The number of nitrogens with zero attached hydrogens (tertiary/aromatic N) is 1. The van der Waals surface area contributed by atoms with Gasteiger partial charge in [0.2, 0.25) is 11.8 Å². The minimum Gasteiger partial charge on any atom is -0.352 e. The quantitative estimate of drug-likeness (QED) is 0.939. The van der Waals surface area contributed by atoms with Crippen molar-refractivity contribution in [2.45, 2.75) is 25.8 Å². The van der Waals surface area contributed by atoms with E-state index in [4.69, 9.17) is 0 Å². The summed E-state index contributed by atoms with van der Waals surface area (Å²) in [6.07, 6.45) is 1.43. The Morgan fingerprint density at radius 2 is 2.00 bits per heavy atom. The molecular formula is C19H19FN2O2. The molecule has 1 aliphatic rings. The summed E-state index contributed by atoms with van der Waals surface area (Å²) in [4.78, 5) is 25.4. The van der Waals surface area contributed by atoms with Crippen LogP contribution in [0.4, 0.5) is 10.1 Å². The highest BCUT2D eigenvalue weighted by atomic mass is 19.1. The van der Waals surface area contributed by atoms with Crippen molar-refractivity contribution in [3.05, 3.63) is 65.0 Å². The second kappa shape index (κ2) is 6.83. The number of amides is 2. The van der Waals surface area contributed by atoms with Crippen LogP contribution < -0.4 is 10.2 Å². The predicted molar refractivity (Wildman–Crippen MR) is 90.1 cm³/mol. The largest absolute Gasteiger partial charge is 0.352 e. The van der Waals surface area contributed by atoms with Gasteiger partial charge in [0.05, 0.1) is 6.42 Å². The molecule has 0 aliphatic carbocycles. The van der Waals surface area contributed by atoms with Crippen molar-refractivity contribution < 1.29 is 14.0 Å². The van der Waals surface area contributed by atoms with Gasteiger partial charge in [0.25, 0.3) is 0 Å². The fourth-order valence-corrected chi connectivity index (χ4v) is 2.90. The van der Waals surface area contributed by atoms with Crippen molar-refractivity contribution in [2.24, 2.45) is 0 Å². The van der Waals surface area contributed by atoms with Crippen LogP contribution in [0.1, 0.15) is 23.1 Å². The van der Waals surface area contributed by atoms with Crippen molar-refractivity contribution >= 4 is 17.5 Å². The van der Waals surface area contributed by atoms with Gasteiger partial charge in [-0.1, -0.05) is 30.3 Å². The van der Waals surface area contributed by atoms with Crippen molar-refractivity contribution in [3.63, 3.8) is 0 Å². The van der Waals surface area contributed by atoms with Crippen molar-refractivity contribution in [1.29, 1.82) is 0 Å². The lowest BCUT2D eigenvalue weighted by atomic mass is 9.98. The maximum Gasteiger partial charge on any atom is 0.227 e. The summed E-state index contributed by atoms with van der Waals surface area (Å²) in [5.74, 6) is -0.365. The number of halogens is 1. The Bertz CT molecular complexity index is 789. The summed E-state index contributed by atoms with van der Waals surface area (Å²) in [5, 5.41) is 2.74. The monoisotopic (exact) mass is 326 g/mol. The third-order valence-electron chi connectivity index (χ3n) is 4.29. The van der Waals surface area contributed by atoms with E-state index in [1.54, 1.807) is 30.1 Å². The summed E-state index contributed by atoms with van der Waals surface area (Å²) >= 11 is 0. The molecule has 0 saturated carbocycles. The van der Waals surface area contributed by atoms with Gasteiger partial charge in [-0.3, -0.25) is 9.59 Å². The van der Waals surface area contributed by atoms with Crippen LogP contribution in [0.5, 0.6) is 0 Å². The summed E-state index contributed by atoms with van der Waals surface area (Å²) in [6, 6.07) is 12.1. The molecular weight excluding hydrogens is 307 g/mol. The molecule has 1 aliphatic heterocycles. The molecule has 0 spiro atoms. The molecule has 2 aromatic rings. The first kappa shape index (κ1) is 16.2. The van der Waals surface area contributed by atoms with E-state index in [9.17, 15) is 14.0 Å². The van der Waals surface area contributed by atoms with Gasteiger partial charge in [-0.25, -0.2) is 4.39 Å².